The van der Waals surface area contributed by atoms with Gasteiger partial charge in [-0.1, -0.05) is 61.8 Å². The molecule has 0 radical (unpaired) electrons. The van der Waals surface area contributed by atoms with Crippen LogP contribution in [0, 0.1) is 28.1 Å². The van der Waals surface area contributed by atoms with E-state index < -0.39 is 0 Å². The van der Waals surface area contributed by atoms with E-state index in [-0.39, 0.29) is 0 Å². The van der Waals surface area contributed by atoms with E-state index in [0.717, 1.165) is 17.9 Å². The Hall–Kier alpha value is -0.120. The van der Waals surface area contributed by atoms with Crippen molar-refractivity contribution < 1.29 is 0 Å². The number of rotatable bonds is 10. The third kappa shape index (κ3) is 7.69. The van der Waals surface area contributed by atoms with Gasteiger partial charge in [-0.2, -0.15) is 0 Å². The lowest BCUT2D eigenvalue weighted by molar-refractivity contribution is -0.0410. The van der Waals surface area contributed by atoms with E-state index in [1.807, 2.05) is 0 Å². The summed E-state index contributed by atoms with van der Waals surface area (Å²) in [6, 6.07) is 0.839. The Balaban J connectivity index is 1.33. The lowest BCUT2D eigenvalue weighted by Crippen LogP contribution is -2.60. The second kappa shape index (κ2) is 10.7. The zero-order valence-electron chi connectivity index (χ0n) is 25.0. The first-order valence-corrected chi connectivity index (χ1v) is 14.8. The van der Waals surface area contributed by atoms with Crippen LogP contribution in [-0.2, 0) is 0 Å². The van der Waals surface area contributed by atoms with Crippen molar-refractivity contribution in [2.45, 2.75) is 126 Å². The van der Waals surface area contributed by atoms with Crippen LogP contribution in [0.1, 0.15) is 114 Å². The second-order valence-corrected chi connectivity index (χ2v) is 16.0. The smallest absolute Gasteiger partial charge is 0.0153 e. The Kier molecular flexibility index (Phi) is 8.96. The molecule has 3 nitrogen and oxygen atoms in total. The van der Waals surface area contributed by atoms with E-state index in [2.05, 4.69) is 83.9 Å². The molecule has 0 unspecified atom stereocenters. The van der Waals surface area contributed by atoms with Crippen molar-refractivity contribution in [2.75, 3.05) is 45.8 Å². The molecule has 3 aliphatic heterocycles. The minimum absolute atomic E-state index is 0.335. The molecule has 0 spiro atoms. The second-order valence-electron chi connectivity index (χ2n) is 16.0. The summed E-state index contributed by atoms with van der Waals surface area (Å²) in [4.78, 5) is 8.32. The highest BCUT2D eigenvalue weighted by Crippen LogP contribution is 2.41. The summed E-state index contributed by atoms with van der Waals surface area (Å²) in [6.07, 6.45) is 9.56. The highest BCUT2D eigenvalue weighted by molar-refractivity contribution is 4.96. The number of hydrogen-bond donors (Lipinski definition) is 0. The Morgan fingerprint density at radius 1 is 0.647 bits per heavy atom. The minimum Gasteiger partial charge on any atom is -0.303 e. The molecule has 0 amide bonds. The number of hydrogen-bond acceptors (Lipinski definition) is 3. The summed E-state index contributed by atoms with van der Waals surface area (Å²) in [5.74, 6) is 1.79. The standard InChI is InChI=1S/C31H61N3/c1-28(2,3)15-11-12-18-32-21-26(22-32)30(7,8)16-17-31(9,10)34-19-13-27(14-20-34)33-23-25(24-33)29(4,5)6/h25-27H,11-24H2,1-10H3. The van der Waals surface area contributed by atoms with Gasteiger partial charge in [-0.05, 0) is 87.0 Å². The molecular weight excluding hydrogens is 414 g/mol. The molecule has 0 saturated carbocycles. The molecule has 3 saturated heterocycles. The van der Waals surface area contributed by atoms with Crippen molar-refractivity contribution in [3.8, 4) is 0 Å². The molecule has 34 heavy (non-hydrogen) atoms. The summed E-state index contributed by atoms with van der Waals surface area (Å²) in [5.41, 5.74) is 1.78. The lowest BCUT2D eigenvalue weighted by Gasteiger charge is -2.53. The van der Waals surface area contributed by atoms with E-state index in [1.54, 1.807) is 0 Å². The van der Waals surface area contributed by atoms with Crippen molar-refractivity contribution in [1.82, 2.24) is 14.7 Å². The molecule has 0 aromatic rings. The quantitative estimate of drug-likeness (QED) is 0.310. The normalized spacial score (nSPS) is 23.8. The van der Waals surface area contributed by atoms with Crippen molar-refractivity contribution in [1.29, 1.82) is 0 Å². The van der Waals surface area contributed by atoms with Crippen molar-refractivity contribution in [3.05, 3.63) is 0 Å². The van der Waals surface area contributed by atoms with Crippen LogP contribution in [0.15, 0.2) is 0 Å². The molecule has 200 valence electrons. The molecule has 3 fully saturated rings. The van der Waals surface area contributed by atoms with Crippen LogP contribution in [0.25, 0.3) is 0 Å². The highest BCUT2D eigenvalue weighted by Gasteiger charge is 2.42. The molecule has 3 aliphatic rings. The molecule has 3 rings (SSSR count). The van der Waals surface area contributed by atoms with Gasteiger partial charge in [-0.3, -0.25) is 9.80 Å². The SMILES string of the molecule is CC(C)(C)CCCCN1CC(C(C)(C)CCC(C)(C)N2CCC(N3CC(C(C)(C)C)C3)CC2)C1. The van der Waals surface area contributed by atoms with E-state index in [1.165, 1.54) is 90.8 Å². The number of nitrogens with zero attached hydrogens (tertiary/aromatic N) is 3. The maximum Gasteiger partial charge on any atom is 0.0153 e. The Bertz CT molecular complexity index is 618. The number of likely N-dealkylation sites (tertiary alicyclic amines) is 3. The van der Waals surface area contributed by atoms with Crippen LogP contribution in [0.2, 0.25) is 0 Å². The molecule has 0 N–H and O–H groups in total. The van der Waals surface area contributed by atoms with Crippen LogP contribution in [-0.4, -0.2) is 72.1 Å². The topological polar surface area (TPSA) is 9.72 Å². The van der Waals surface area contributed by atoms with Crippen LogP contribution < -0.4 is 0 Å². The largest absolute Gasteiger partial charge is 0.303 e. The average Bonchev–Trinajstić information content (AvgIpc) is 2.62. The Labute approximate surface area is 214 Å². The Morgan fingerprint density at radius 2 is 1.24 bits per heavy atom. The molecule has 3 heteroatoms. The molecule has 0 aromatic carbocycles. The first-order valence-electron chi connectivity index (χ1n) is 14.8. The van der Waals surface area contributed by atoms with E-state index in [0.29, 0.717) is 21.8 Å². The van der Waals surface area contributed by atoms with Gasteiger partial charge in [0.05, 0.1) is 0 Å². The monoisotopic (exact) mass is 475 g/mol. The van der Waals surface area contributed by atoms with Gasteiger partial charge in [0.25, 0.3) is 0 Å². The number of piperidine rings is 1. The van der Waals surface area contributed by atoms with Gasteiger partial charge in [0, 0.05) is 50.8 Å². The third-order valence-electron chi connectivity index (χ3n) is 10.1. The van der Waals surface area contributed by atoms with Crippen molar-refractivity contribution in [2.24, 2.45) is 28.1 Å². The molecule has 0 aromatic heterocycles. The summed E-state index contributed by atoms with van der Waals surface area (Å²) in [6.45, 7) is 33.7. The van der Waals surface area contributed by atoms with Gasteiger partial charge in [0.15, 0.2) is 0 Å². The Morgan fingerprint density at radius 3 is 1.76 bits per heavy atom. The molecule has 0 atom stereocenters. The summed E-state index contributed by atoms with van der Waals surface area (Å²) >= 11 is 0. The van der Waals surface area contributed by atoms with Crippen LogP contribution in [0.5, 0.6) is 0 Å². The number of unbranched alkanes of at least 4 members (excludes halogenated alkanes) is 1. The predicted octanol–water partition coefficient (Wildman–Crippen LogP) is 7.16. The van der Waals surface area contributed by atoms with E-state index in [9.17, 15) is 0 Å². The van der Waals surface area contributed by atoms with E-state index >= 15 is 0 Å². The van der Waals surface area contributed by atoms with Gasteiger partial charge in [0.2, 0.25) is 0 Å². The molecule has 3 heterocycles. The lowest BCUT2D eigenvalue weighted by atomic mass is 9.69. The molecule has 0 aliphatic carbocycles. The predicted molar refractivity (Wildman–Crippen MR) is 149 cm³/mol. The first-order chi connectivity index (χ1) is 15.6. The fraction of sp³-hybridized carbons (Fsp3) is 1.00. The van der Waals surface area contributed by atoms with Gasteiger partial charge in [-0.15, -0.1) is 0 Å². The van der Waals surface area contributed by atoms with Crippen molar-refractivity contribution in [3.63, 3.8) is 0 Å². The highest BCUT2D eigenvalue weighted by atomic mass is 15.3. The zero-order valence-corrected chi connectivity index (χ0v) is 25.0. The average molecular weight is 476 g/mol. The zero-order chi connectivity index (χ0) is 25.4. The maximum atomic E-state index is 2.82. The molecular formula is C31H61N3. The summed E-state index contributed by atoms with van der Waals surface area (Å²) in [7, 11) is 0. The van der Waals surface area contributed by atoms with Gasteiger partial charge >= 0.3 is 0 Å². The van der Waals surface area contributed by atoms with Gasteiger partial charge < -0.3 is 4.90 Å². The fourth-order valence-electron chi connectivity index (χ4n) is 6.42. The summed E-state index contributed by atoms with van der Waals surface area (Å²) < 4.78 is 0. The van der Waals surface area contributed by atoms with Gasteiger partial charge in [-0.25, -0.2) is 0 Å². The van der Waals surface area contributed by atoms with Crippen LogP contribution in [0.4, 0.5) is 0 Å². The van der Waals surface area contributed by atoms with Crippen LogP contribution in [0.3, 0.4) is 0 Å². The van der Waals surface area contributed by atoms with Crippen LogP contribution >= 0.6 is 0 Å². The summed E-state index contributed by atoms with van der Waals surface area (Å²) in [5, 5.41) is 0. The third-order valence-corrected chi connectivity index (χ3v) is 10.1. The van der Waals surface area contributed by atoms with Gasteiger partial charge in [0.1, 0.15) is 0 Å². The first kappa shape index (κ1) is 28.5. The molecule has 0 bridgehead atoms. The fourth-order valence-corrected chi connectivity index (χ4v) is 6.42. The minimum atomic E-state index is 0.335. The van der Waals surface area contributed by atoms with Crippen molar-refractivity contribution >= 4 is 0 Å². The van der Waals surface area contributed by atoms with E-state index in [4.69, 9.17) is 0 Å². The maximum absolute atomic E-state index is 2.82.